The lowest BCUT2D eigenvalue weighted by molar-refractivity contribution is -0.134. The smallest absolute Gasteiger partial charge is 0.254 e. The Bertz CT molecular complexity index is 1370. The summed E-state index contributed by atoms with van der Waals surface area (Å²) in [5.74, 6) is 0.652. The van der Waals surface area contributed by atoms with Crippen molar-refractivity contribution in [1.82, 2.24) is 9.80 Å². The molecule has 1 atom stereocenters. The van der Waals surface area contributed by atoms with Crippen LogP contribution in [0, 0.1) is 0 Å². The van der Waals surface area contributed by atoms with Crippen molar-refractivity contribution in [1.29, 1.82) is 0 Å². The molecule has 0 radical (unpaired) electrons. The van der Waals surface area contributed by atoms with Gasteiger partial charge in [0.1, 0.15) is 12.3 Å². The fraction of sp³-hybridized carbons (Fsp3) is 0.267. The van der Waals surface area contributed by atoms with E-state index in [1.54, 1.807) is 23.3 Å². The highest BCUT2D eigenvalue weighted by Crippen LogP contribution is 2.38. The van der Waals surface area contributed by atoms with E-state index in [4.69, 9.17) is 4.74 Å². The van der Waals surface area contributed by atoms with Gasteiger partial charge in [-0.3, -0.25) is 9.59 Å². The van der Waals surface area contributed by atoms with Crippen LogP contribution in [0.25, 0.3) is 10.8 Å². The average Bonchev–Trinajstić information content (AvgIpc) is 3.40. The number of nitrogens with zero attached hydrogens (tertiary/aromatic N) is 2. The highest BCUT2D eigenvalue weighted by atomic mass is 32.1. The van der Waals surface area contributed by atoms with Crippen molar-refractivity contribution in [3.63, 3.8) is 0 Å². The highest BCUT2D eigenvalue weighted by Gasteiger charge is 2.34. The van der Waals surface area contributed by atoms with E-state index in [1.165, 1.54) is 10.4 Å². The van der Waals surface area contributed by atoms with Crippen LogP contribution in [0.5, 0.6) is 5.75 Å². The van der Waals surface area contributed by atoms with Crippen LogP contribution in [0.3, 0.4) is 0 Å². The Morgan fingerprint density at radius 1 is 1.03 bits per heavy atom. The summed E-state index contributed by atoms with van der Waals surface area (Å²) in [6.45, 7) is 3.25. The van der Waals surface area contributed by atoms with Crippen molar-refractivity contribution in [2.24, 2.45) is 0 Å². The number of carbonyl (C=O) groups is 2. The molecule has 0 N–H and O–H groups in total. The number of hydrogen-bond acceptors (Lipinski definition) is 4. The van der Waals surface area contributed by atoms with Crippen LogP contribution in [0.1, 0.15) is 45.7 Å². The molecule has 0 aliphatic carbocycles. The molecule has 5 rings (SSSR count). The number of rotatable bonds is 7. The minimum Gasteiger partial charge on any atom is -0.497 e. The van der Waals surface area contributed by atoms with Crippen molar-refractivity contribution >= 4 is 33.9 Å². The standard InChI is InChI=1S/C30H30N2O3S/c1-3-17-31(30(34)25-10-6-8-21-7-4-5-9-24(21)25)20-28(33)32-18-15-27-26(16-19-36-27)29(32)22-11-13-23(35-2)14-12-22/h4-14,16,19,29H,3,15,17-18,20H2,1-2H3. The molecule has 6 heteroatoms. The lowest BCUT2D eigenvalue weighted by Gasteiger charge is -2.37. The zero-order chi connectivity index (χ0) is 25.1. The predicted molar refractivity (Wildman–Crippen MR) is 145 cm³/mol. The van der Waals surface area contributed by atoms with Crippen molar-refractivity contribution < 1.29 is 14.3 Å². The summed E-state index contributed by atoms with van der Waals surface area (Å²) in [7, 11) is 1.65. The van der Waals surface area contributed by atoms with Crippen LogP contribution >= 0.6 is 11.3 Å². The van der Waals surface area contributed by atoms with Gasteiger partial charge in [0.15, 0.2) is 0 Å². The number of thiophene rings is 1. The van der Waals surface area contributed by atoms with Crippen LogP contribution in [0.15, 0.2) is 78.2 Å². The molecule has 5 nitrogen and oxygen atoms in total. The monoisotopic (exact) mass is 498 g/mol. The molecule has 0 bridgehead atoms. The van der Waals surface area contributed by atoms with Crippen LogP contribution in [0.2, 0.25) is 0 Å². The molecule has 3 aromatic carbocycles. The number of ether oxygens (including phenoxy) is 1. The number of carbonyl (C=O) groups excluding carboxylic acids is 2. The van der Waals surface area contributed by atoms with Gasteiger partial charge in [-0.1, -0.05) is 55.5 Å². The predicted octanol–water partition coefficient (Wildman–Crippen LogP) is 5.94. The van der Waals surface area contributed by atoms with Gasteiger partial charge in [-0.25, -0.2) is 0 Å². The van der Waals surface area contributed by atoms with Gasteiger partial charge in [0.05, 0.1) is 13.2 Å². The molecule has 1 aromatic heterocycles. The third-order valence-electron chi connectivity index (χ3n) is 6.84. The molecular formula is C30H30N2O3S. The number of benzene rings is 3. The van der Waals surface area contributed by atoms with Gasteiger partial charge in [0, 0.05) is 23.5 Å². The second-order valence-corrected chi connectivity index (χ2v) is 10.1. The SMILES string of the molecule is CCCN(CC(=O)N1CCc2sccc2C1c1ccc(OC)cc1)C(=O)c1cccc2ccccc12. The van der Waals surface area contributed by atoms with Crippen molar-refractivity contribution in [2.75, 3.05) is 26.7 Å². The molecule has 1 aliphatic rings. The van der Waals surface area contributed by atoms with Gasteiger partial charge in [-0.05, 0) is 64.4 Å². The molecule has 0 fully saturated rings. The summed E-state index contributed by atoms with van der Waals surface area (Å²) >= 11 is 1.74. The van der Waals surface area contributed by atoms with E-state index in [-0.39, 0.29) is 24.4 Å². The van der Waals surface area contributed by atoms with Crippen LogP contribution < -0.4 is 4.74 Å². The fourth-order valence-corrected chi connectivity index (χ4v) is 5.99. The van der Waals surface area contributed by atoms with E-state index >= 15 is 0 Å². The first-order valence-corrected chi connectivity index (χ1v) is 13.3. The Hall–Kier alpha value is -3.64. The number of hydrogen-bond donors (Lipinski definition) is 0. The maximum atomic E-state index is 13.8. The summed E-state index contributed by atoms with van der Waals surface area (Å²) in [5.41, 5.74) is 2.86. The Kier molecular flexibility index (Phi) is 7.05. The Balaban J connectivity index is 1.44. The molecule has 1 aliphatic heterocycles. The first-order valence-electron chi connectivity index (χ1n) is 12.4. The third kappa shape index (κ3) is 4.61. The maximum Gasteiger partial charge on any atom is 0.254 e. The van der Waals surface area contributed by atoms with Crippen LogP contribution in [-0.4, -0.2) is 48.4 Å². The van der Waals surface area contributed by atoms with Gasteiger partial charge >= 0.3 is 0 Å². The van der Waals surface area contributed by atoms with E-state index in [2.05, 4.69) is 11.4 Å². The minimum atomic E-state index is -0.172. The Morgan fingerprint density at radius 2 is 1.81 bits per heavy atom. The molecule has 0 spiro atoms. The molecule has 4 aromatic rings. The van der Waals surface area contributed by atoms with Crippen molar-refractivity contribution in [3.8, 4) is 5.75 Å². The summed E-state index contributed by atoms with van der Waals surface area (Å²) in [4.78, 5) is 32.5. The normalized spacial score (nSPS) is 14.9. The molecule has 184 valence electrons. The van der Waals surface area contributed by atoms with E-state index in [9.17, 15) is 9.59 Å². The number of fused-ring (bicyclic) bond motifs is 2. The molecule has 0 saturated carbocycles. The second kappa shape index (κ2) is 10.5. The zero-order valence-electron chi connectivity index (χ0n) is 20.6. The van der Waals surface area contributed by atoms with Crippen LogP contribution in [0.4, 0.5) is 0 Å². The van der Waals surface area contributed by atoms with Crippen LogP contribution in [-0.2, 0) is 11.2 Å². The molecule has 2 amide bonds. The maximum absolute atomic E-state index is 13.8. The van der Waals surface area contributed by atoms with Gasteiger partial charge < -0.3 is 14.5 Å². The van der Waals surface area contributed by atoms with Gasteiger partial charge in [0.25, 0.3) is 5.91 Å². The highest BCUT2D eigenvalue weighted by molar-refractivity contribution is 7.10. The topological polar surface area (TPSA) is 49.9 Å². The van der Waals surface area contributed by atoms with E-state index in [1.807, 2.05) is 78.6 Å². The van der Waals surface area contributed by atoms with Crippen molar-refractivity contribution in [2.45, 2.75) is 25.8 Å². The number of amides is 2. The van der Waals surface area contributed by atoms with E-state index in [0.29, 0.717) is 18.7 Å². The first-order chi connectivity index (χ1) is 17.6. The first kappa shape index (κ1) is 24.1. The second-order valence-electron chi connectivity index (χ2n) is 9.07. The molecule has 2 heterocycles. The summed E-state index contributed by atoms with van der Waals surface area (Å²) in [6, 6.07) is 23.5. The molecule has 0 saturated heterocycles. The van der Waals surface area contributed by atoms with Gasteiger partial charge in [-0.15, -0.1) is 11.3 Å². The molecule has 36 heavy (non-hydrogen) atoms. The van der Waals surface area contributed by atoms with E-state index < -0.39 is 0 Å². The van der Waals surface area contributed by atoms with Gasteiger partial charge in [-0.2, -0.15) is 0 Å². The quantitative estimate of drug-likeness (QED) is 0.317. The average molecular weight is 499 g/mol. The summed E-state index contributed by atoms with van der Waals surface area (Å²) < 4.78 is 5.34. The summed E-state index contributed by atoms with van der Waals surface area (Å²) in [6.07, 6.45) is 1.61. The fourth-order valence-electron chi connectivity index (χ4n) is 5.09. The minimum absolute atomic E-state index is 0.0327. The number of methoxy groups -OCH3 is 1. The zero-order valence-corrected chi connectivity index (χ0v) is 21.5. The van der Waals surface area contributed by atoms with E-state index in [0.717, 1.165) is 34.9 Å². The lowest BCUT2D eigenvalue weighted by Crippen LogP contribution is -2.47. The Morgan fingerprint density at radius 3 is 2.58 bits per heavy atom. The Labute approximate surface area is 215 Å². The summed E-state index contributed by atoms with van der Waals surface area (Å²) in [5, 5.41) is 4.03. The largest absolute Gasteiger partial charge is 0.497 e. The van der Waals surface area contributed by atoms with Crippen molar-refractivity contribution in [3.05, 3.63) is 99.7 Å². The molecule has 1 unspecified atom stereocenters. The lowest BCUT2D eigenvalue weighted by atomic mass is 9.93. The van der Waals surface area contributed by atoms with Gasteiger partial charge in [0.2, 0.25) is 5.91 Å². The third-order valence-corrected chi connectivity index (χ3v) is 7.84. The molecular weight excluding hydrogens is 468 g/mol.